The van der Waals surface area contributed by atoms with Crippen LogP contribution < -0.4 is 5.32 Å². The van der Waals surface area contributed by atoms with Crippen molar-refractivity contribution in [3.8, 4) is 6.07 Å². The second-order valence-corrected chi connectivity index (χ2v) is 6.59. The van der Waals surface area contributed by atoms with Crippen molar-refractivity contribution in [2.75, 3.05) is 31.6 Å². The van der Waals surface area contributed by atoms with Gasteiger partial charge in [0, 0.05) is 24.5 Å². The highest BCUT2D eigenvalue weighted by molar-refractivity contribution is 7.10. The Bertz CT molecular complexity index is 667. The monoisotopic (exact) mass is 328 g/mol. The lowest BCUT2D eigenvalue weighted by molar-refractivity contribution is -0.0322. The van der Waals surface area contributed by atoms with Crippen LogP contribution in [0.1, 0.15) is 23.5 Å². The fraction of sp³-hybridized carbons (Fsp3) is 0.412. The molecule has 0 amide bonds. The predicted molar refractivity (Wildman–Crippen MR) is 91.5 cm³/mol. The summed E-state index contributed by atoms with van der Waals surface area (Å²) in [7, 11) is 0. The zero-order valence-electron chi connectivity index (χ0n) is 13.1. The number of thiophene rings is 1. The molecule has 0 bridgehead atoms. The lowest BCUT2D eigenvalue weighted by Crippen LogP contribution is -2.44. The minimum Gasteiger partial charge on any atom is -0.376 e. The Hall–Kier alpha value is -1.94. The van der Waals surface area contributed by atoms with Crippen LogP contribution in [0.15, 0.2) is 35.7 Å². The molecule has 1 aliphatic rings. The molecule has 6 heteroatoms. The molecule has 2 atom stereocenters. The molecule has 0 saturated carbocycles. The Labute approximate surface area is 140 Å². The lowest BCUT2D eigenvalue weighted by atomic mass is 10.1. The SMILES string of the molecule is CC1CN(C(CNc2cccc(C#N)n2)c2cccs2)CCO1. The molecule has 1 N–H and O–H groups in total. The highest BCUT2D eigenvalue weighted by atomic mass is 32.1. The van der Waals surface area contributed by atoms with Crippen molar-refractivity contribution in [2.45, 2.75) is 19.1 Å². The van der Waals surface area contributed by atoms with Gasteiger partial charge in [-0.1, -0.05) is 12.1 Å². The summed E-state index contributed by atoms with van der Waals surface area (Å²) in [5.41, 5.74) is 0.433. The first-order valence-electron chi connectivity index (χ1n) is 7.76. The summed E-state index contributed by atoms with van der Waals surface area (Å²) in [6.07, 6.45) is 0.256. The number of morpholine rings is 1. The third kappa shape index (κ3) is 4.08. The molecule has 3 heterocycles. The fourth-order valence-electron chi connectivity index (χ4n) is 2.82. The van der Waals surface area contributed by atoms with E-state index in [2.05, 4.69) is 45.7 Å². The van der Waals surface area contributed by atoms with Gasteiger partial charge in [-0.05, 0) is 30.5 Å². The number of nitriles is 1. The highest BCUT2D eigenvalue weighted by Gasteiger charge is 2.26. The van der Waals surface area contributed by atoms with Gasteiger partial charge in [-0.2, -0.15) is 5.26 Å². The number of rotatable bonds is 5. The second kappa shape index (κ2) is 7.55. The van der Waals surface area contributed by atoms with E-state index >= 15 is 0 Å². The molecule has 2 aromatic rings. The van der Waals surface area contributed by atoms with E-state index in [1.807, 2.05) is 12.1 Å². The van der Waals surface area contributed by atoms with Gasteiger partial charge in [0.05, 0.1) is 18.8 Å². The second-order valence-electron chi connectivity index (χ2n) is 5.61. The van der Waals surface area contributed by atoms with Crippen LogP contribution in [-0.4, -0.2) is 42.2 Å². The molecule has 120 valence electrons. The van der Waals surface area contributed by atoms with Crippen molar-refractivity contribution >= 4 is 17.2 Å². The van der Waals surface area contributed by atoms with Gasteiger partial charge in [0.2, 0.25) is 0 Å². The van der Waals surface area contributed by atoms with Crippen LogP contribution in [0.2, 0.25) is 0 Å². The molecule has 1 fully saturated rings. The molecule has 0 aromatic carbocycles. The van der Waals surface area contributed by atoms with E-state index in [1.165, 1.54) is 4.88 Å². The molecule has 0 spiro atoms. The number of pyridine rings is 1. The minimum atomic E-state index is 0.256. The third-order valence-corrected chi connectivity index (χ3v) is 4.90. The van der Waals surface area contributed by atoms with Gasteiger partial charge >= 0.3 is 0 Å². The van der Waals surface area contributed by atoms with E-state index in [0.29, 0.717) is 5.69 Å². The number of ether oxygens (including phenoxy) is 1. The largest absolute Gasteiger partial charge is 0.376 e. The highest BCUT2D eigenvalue weighted by Crippen LogP contribution is 2.27. The van der Waals surface area contributed by atoms with Crippen molar-refractivity contribution in [3.05, 3.63) is 46.3 Å². The number of nitrogens with zero attached hydrogens (tertiary/aromatic N) is 3. The van der Waals surface area contributed by atoms with Gasteiger partial charge in [0.1, 0.15) is 17.6 Å². The van der Waals surface area contributed by atoms with E-state index in [9.17, 15) is 0 Å². The molecule has 5 nitrogen and oxygen atoms in total. The molecule has 1 saturated heterocycles. The Balaban J connectivity index is 1.72. The molecular formula is C17H20N4OS. The van der Waals surface area contributed by atoms with Crippen LogP contribution in [0.3, 0.4) is 0 Å². The number of hydrogen-bond donors (Lipinski definition) is 1. The minimum absolute atomic E-state index is 0.256. The standard InChI is InChI=1S/C17H20N4OS/c1-13-12-21(7-8-22-13)15(16-5-3-9-23-16)11-19-17-6-2-4-14(10-18)20-17/h2-6,9,13,15H,7-8,11-12H2,1H3,(H,19,20). The Morgan fingerprint density at radius 1 is 1.48 bits per heavy atom. The van der Waals surface area contributed by atoms with Gasteiger partial charge in [0.15, 0.2) is 0 Å². The summed E-state index contributed by atoms with van der Waals surface area (Å²) >= 11 is 1.77. The topological polar surface area (TPSA) is 61.2 Å². The van der Waals surface area contributed by atoms with Gasteiger partial charge in [-0.25, -0.2) is 4.98 Å². The van der Waals surface area contributed by atoms with Crippen LogP contribution in [-0.2, 0) is 4.74 Å². The van der Waals surface area contributed by atoms with Crippen LogP contribution in [0, 0.1) is 11.3 Å². The maximum atomic E-state index is 8.96. The van der Waals surface area contributed by atoms with Gasteiger partial charge < -0.3 is 10.1 Å². The van der Waals surface area contributed by atoms with Crippen molar-refractivity contribution < 1.29 is 4.74 Å². The zero-order valence-corrected chi connectivity index (χ0v) is 13.9. The maximum Gasteiger partial charge on any atom is 0.142 e. The van der Waals surface area contributed by atoms with E-state index in [-0.39, 0.29) is 12.1 Å². The Kier molecular flexibility index (Phi) is 5.23. The van der Waals surface area contributed by atoms with Crippen LogP contribution in [0.25, 0.3) is 0 Å². The summed E-state index contributed by atoms with van der Waals surface area (Å²) < 4.78 is 5.66. The van der Waals surface area contributed by atoms with Crippen LogP contribution in [0.5, 0.6) is 0 Å². The van der Waals surface area contributed by atoms with Crippen molar-refractivity contribution in [1.82, 2.24) is 9.88 Å². The van der Waals surface area contributed by atoms with E-state index < -0.39 is 0 Å². The quantitative estimate of drug-likeness (QED) is 0.914. The summed E-state index contributed by atoms with van der Waals surface area (Å²) in [6.45, 7) is 5.50. The molecule has 3 rings (SSSR count). The first-order valence-corrected chi connectivity index (χ1v) is 8.64. The van der Waals surface area contributed by atoms with Crippen LogP contribution >= 0.6 is 11.3 Å². The number of nitrogens with one attached hydrogen (secondary N) is 1. The first-order chi connectivity index (χ1) is 11.3. The maximum absolute atomic E-state index is 8.96. The molecule has 23 heavy (non-hydrogen) atoms. The number of hydrogen-bond acceptors (Lipinski definition) is 6. The summed E-state index contributed by atoms with van der Waals surface area (Å²) in [5, 5.41) is 14.5. The summed E-state index contributed by atoms with van der Waals surface area (Å²) in [6, 6.07) is 12.1. The van der Waals surface area contributed by atoms with Gasteiger partial charge in [-0.15, -0.1) is 11.3 Å². The Morgan fingerprint density at radius 2 is 2.39 bits per heavy atom. The number of anilines is 1. The number of aromatic nitrogens is 1. The average molecular weight is 328 g/mol. The normalized spacial score (nSPS) is 19.9. The first kappa shape index (κ1) is 15.9. The van der Waals surface area contributed by atoms with Crippen molar-refractivity contribution in [2.24, 2.45) is 0 Å². The van der Waals surface area contributed by atoms with Crippen molar-refractivity contribution in [1.29, 1.82) is 5.26 Å². The van der Waals surface area contributed by atoms with Gasteiger partial charge in [0.25, 0.3) is 0 Å². The molecule has 2 aromatic heterocycles. The zero-order chi connectivity index (χ0) is 16.1. The van der Waals surface area contributed by atoms with Crippen LogP contribution in [0.4, 0.5) is 5.82 Å². The average Bonchev–Trinajstić information content (AvgIpc) is 3.10. The molecular weight excluding hydrogens is 308 g/mol. The third-order valence-electron chi connectivity index (χ3n) is 3.93. The molecule has 2 unspecified atom stereocenters. The van der Waals surface area contributed by atoms with Crippen molar-refractivity contribution in [3.63, 3.8) is 0 Å². The smallest absolute Gasteiger partial charge is 0.142 e. The fourth-order valence-corrected chi connectivity index (χ4v) is 3.68. The predicted octanol–water partition coefficient (Wildman–Crippen LogP) is 2.89. The Morgan fingerprint density at radius 3 is 3.13 bits per heavy atom. The molecule has 0 radical (unpaired) electrons. The summed E-state index contributed by atoms with van der Waals surface area (Å²) in [5.74, 6) is 0.743. The van der Waals surface area contributed by atoms with Gasteiger partial charge in [-0.3, -0.25) is 4.90 Å². The summed E-state index contributed by atoms with van der Waals surface area (Å²) in [4.78, 5) is 8.09. The lowest BCUT2D eigenvalue weighted by Gasteiger charge is -2.37. The van der Waals surface area contributed by atoms with E-state index in [1.54, 1.807) is 17.4 Å². The molecule has 1 aliphatic heterocycles. The van der Waals surface area contributed by atoms with E-state index in [4.69, 9.17) is 10.00 Å². The molecule has 0 aliphatic carbocycles. The van der Waals surface area contributed by atoms with E-state index in [0.717, 1.165) is 32.1 Å².